The first-order valence-corrected chi connectivity index (χ1v) is 7.57. The molecule has 1 aromatic heterocycles. The Morgan fingerprint density at radius 1 is 1.47 bits per heavy atom. The van der Waals surface area contributed by atoms with Crippen LogP contribution in [0.3, 0.4) is 0 Å². The Morgan fingerprint density at radius 3 is 2.59 bits per heavy atom. The Morgan fingerprint density at radius 2 is 2.12 bits per heavy atom. The molecule has 0 amide bonds. The van der Waals surface area contributed by atoms with Crippen molar-refractivity contribution in [3.05, 3.63) is 15.8 Å². The highest BCUT2D eigenvalue weighted by Gasteiger charge is 2.25. The highest BCUT2D eigenvalue weighted by atomic mass is 35.5. The Labute approximate surface area is 108 Å². The standard InChI is InChI=1S/C9H12ClO5PS/c1-13-16(12,14-2)6-7(11)5-15-8-3-4-17-9(8)10/h3-4H,5-6H2,1-2H3. The van der Waals surface area contributed by atoms with Crippen molar-refractivity contribution in [2.24, 2.45) is 0 Å². The molecule has 1 aromatic rings. The number of carbonyl (C=O) groups is 1. The van der Waals surface area contributed by atoms with Crippen LogP contribution in [0.4, 0.5) is 0 Å². The smallest absolute Gasteiger partial charge is 0.337 e. The average Bonchev–Trinajstić information content (AvgIpc) is 2.72. The van der Waals surface area contributed by atoms with Gasteiger partial charge >= 0.3 is 7.60 Å². The van der Waals surface area contributed by atoms with Gasteiger partial charge in [-0.1, -0.05) is 11.6 Å². The molecule has 0 fully saturated rings. The summed E-state index contributed by atoms with van der Waals surface area (Å²) in [6.45, 7) is -0.215. The third-order valence-electron chi connectivity index (χ3n) is 1.90. The van der Waals surface area contributed by atoms with E-state index in [0.29, 0.717) is 10.1 Å². The second-order valence-electron chi connectivity index (χ2n) is 3.02. The van der Waals surface area contributed by atoms with Gasteiger partial charge in [0.2, 0.25) is 0 Å². The van der Waals surface area contributed by atoms with Gasteiger partial charge in [-0.05, 0) is 11.4 Å². The van der Waals surface area contributed by atoms with E-state index < -0.39 is 7.60 Å². The van der Waals surface area contributed by atoms with Gasteiger partial charge in [-0.3, -0.25) is 9.36 Å². The molecule has 5 nitrogen and oxygen atoms in total. The topological polar surface area (TPSA) is 61.8 Å². The fourth-order valence-electron chi connectivity index (χ4n) is 1.01. The maximum atomic E-state index is 11.6. The number of Topliss-reactive ketones (excluding diaryl/α,β-unsaturated/α-hetero) is 1. The lowest BCUT2D eigenvalue weighted by Crippen LogP contribution is -2.16. The van der Waals surface area contributed by atoms with Crippen molar-refractivity contribution < 1.29 is 23.1 Å². The van der Waals surface area contributed by atoms with Gasteiger partial charge in [0.1, 0.15) is 22.9 Å². The third kappa shape index (κ3) is 4.41. The molecule has 0 atom stereocenters. The number of hydrogen-bond donors (Lipinski definition) is 0. The molecule has 1 rings (SSSR count). The van der Waals surface area contributed by atoms with E-state index in [-0.39, 0.29) is 18.6 Å². The first-order valence-electron chi connectivity index (χ1n) is 4.59. The molecule has 17 heavy (non-hydrogen) atoms. The van der Waals surface area contributed by atoms with Gasteiger partial charge in [-0.15, -0.1) is 11.3 Å². The van der Waals surface area contributed by atoms with Crippen LogP contribution >= 0.6 is 30.5 Å². The van der Waals surface area contributed by atoms with Crippen LogP contribution in [0.1, 0.15) is 0 Å². The van der Waals surface area contributed by atoms with E-state index in [1.54, 1.807) is 11.4 Å². The second-order valence-corrected chi connectivity index (χ2v) is 6.81. The van der Waals surface area contributed by atoms with Crippen LogP contribution in [0, 0.1) is 0 Å². The van der Waals surface area contributed by atoms with Gasteiger partial charge < -0.3 is 13.8 Å². The predicted molar refractivity (Wildman–Crippen MR) is 66.3 cm³/mol. The van der Waals surface area contributed by atoms with E-state index in [1.165, 1.54) is 25.6 Å². The minimum absolute atomic E-state index is 0.215. The van der Waals surface area contributed by atoms with Gasteiger partial charge in [0, 0.05) is 14.2 Å². The maximum Gasteiger partial charge on any atom is 0.337 e. The Bertz CT molecular complexity index is 425. The zero-order valence-corrected chi connectivity index (χ0v) is 11.8. The zero-order valence-electron chi connectivity index (χ0n) is 9.34. The molecule has 0 spiro atoms. The first-order chi connectivity index (χ1) is 8.00. The fraction of sp³-hybridized carbons (Fsp3) is 0.444. The number of ether oxygens (including phenoxy) is 1. The van der Waals surface area contributed by atoms with Crippen LogP contribution in [-0.4, -0.2) is 32.8 Å². The molecule has 0 aliphatic heterocycles. The molecule has 96 valence electrons. The van der Waals surface area contributed by atoms with Crippen LogP contribution in [0.25, 0.3) is 0 Å². The number of halogens is 1. The van der Waals surface area contributed by atoms with Gasteiger partial charge in [-0.25, -0.2) is 0 Å². The fourth-order valence-corrected chi connectivity index (χ4v) is 2.76. The molecule has 0 aliphatic carbocycles. The Hall–Kier alpha value is -0.390. The third-order valence-corrected chi connectivity index (χ3v) is 4.89. The molecule has 0 saturated carbocycles. The minimum atomic E-state index is -3.32. The Kier molecular flexibility index (Phi) is 5.62. The number of thiophene rings is 1. The summed E-state index contributed by atoms with van der Waals surface area (Å²) >= 11 is 7.09. The molecule has 0 saturated heterocycles. The highest BCUT2D eigenvalue weighted by Crippen LogP contribution is 2.46. The molecule has 0 unspecified atom stereocenters. The minimum Gasteiger partial charge on any atom is -0.483 e. The van der Waals surface area contributed by atoms with E-state index in [0.717, 1.165) is 0 Å². The van der Waals surface area contributed by atoms with E-state index in [2.05, 4.69) is 9.05 Å². The van der Waals surface area contributed by atoms with Crippen LogP contribution in [-0.2, 0) is 18.4 Å². The first kappa shape index (κ1) is 14.7. The lowest BCUT2D eigenvalue weighted by Gasteiger charge is -2.12. The van der Waals surface area contributed by atoms with E-state index in [4.69, 9.17) is 16.3 Å². The summed E-state index contributed by atoms with van der Waals surface area (Å²) in [6, 6.07) is 1.66. The molecule has 0 aromatic carbocycles. The summed E-state index contributed by atoms with van der Waals surface area (Å²) in [5, 5.41) is 1.75. The highest BCUT2D eigenvalue weighted by molar-refractivity contribution is 7.54. The van der Waals surface area contributed by atoms with Gasteiger partial charge in [0.05, 0.1) is 0 Å². The molecular weight excluding hydrogens is 287 g/mol. The number of carbonyl (C=O) groups excluding carboxylic acids is 1. The summed E-state index contributed by atoms with van der Waals surface area (Å²) < 4.78 is 26.6. The van der Waals surface area contributed by atoms with E-state index in [9.17, 15) is 9.36 Å². The molecule has 0 aliphatic rings. The number of rotatable bonds is 7. The molecule has 0 N–H and O–H groups in total. The van der Waals surface area contributed by atoms with Gasteiger partial charge in [0.15, 0.2) is 5.78 Å². The van der Waals surface area contributed by atoms with Crippen molar-refractivity contribution in [2.45, 2.75) is 0 Å². The lowest BCUT2D eigenvalue weighted by atomic mass is 10.5. The SMILES string of the molecule is COP(=O)(CC(=O)COc1ccsc1Cl)OC. The molecular formula is C9H12ClO5PS. The quantitative estimate of drug-likeness (QED) is 0.724. The van der Waals surface area contributed by atoms with Crippen molar-refractivity contribution in [1.82, 2.24) is 0 Å². The van der Waals surface area contributed by atoms with Crippen molar-refractivity contribution in [3.63, 3.8) is 0 Å². The number of hydrogen-bond acceptors (Lipinski definition) is 6. The molecule has 0 bridgehead atoms. The summed E-state index contributed by atoms with van der Waals surface area (Å²) in [6.07, 6.45) is -0.318. The summed E-state index contributed by atoms with van der Waals surface area (Å²) in [5.41, 5.74) is 0. The van der Waals surface area contributed by atoms with Crippen LogP contribution < -0.4 is 4.74 Å². The van der Waals surface area contributed by atoms with E-state index >= 15 is 0 Å². The zero-order chi connectivity index (χ0) is 12.9. The molecule has 8 heteroatoms. The van der Waals surface area contributed by atoms with Crippen molar-refractivity contribution in [1.29, 1.82) is 0 Å². The van der Waals surface area contributed by atoms with E-state index in [1.807, 2.05) is 0 Å². The summed E-state index contributed by atoms with van der Waals surface area (Å²) in [4.78, 5) is 11.5. The second kappa shape index (κ2) is 6.52. The van der Waals surface area contributed by atoms with Gasteiger partial charge in [-0.2, -0.15) is 0 Å². The molecule has 0 radical (unpaired) electrons. The van der Waals surface area contributed by atoms with Gasteiger partial charge in [0.25, 0.3) is 0 Å². The largest absolute Gasteiger partial charge is 0.483 e. The molecule has 1 heterocycles. The summed E-state index contributed by atoms with van der Waals surface area (Å²) in [5.74, 6) is 0.0639. The normalized spacial score (nSPS) is 11.5. The average molecular weight is 299 g/mol. The van der Waals surface area contributed by atoms with Crippen molar-refractivity contribution in [3.8, 4) is 5.75 Å². The van der Waals surface area contributed by atoms with Crippen molar-refractivity contribution in [2.75, 3.05) is 27.0 Å². The maximum absolute atomic E-state index is 11.6. The monoisotopic (exact) mass is 298 g/mol. The Balaban J connectivity index is 2.46. The lowest BCUT2D eigenvalue weighted by molar-refractivity contribution is -0.118. The van der Waals surface area contributed by atoms with Crippen LogP contribution in [0.15, 0.2) is 11.4 Å². The summed E-state index contributed by atoms with van der Waals surface area (Å²) in [7, 11) is -0.855. The number of ketones is 1. The van der Waals surface area contributed by atoms with Crippen LogP contribution in [0.2, 0.25) is 4.34 Å². The van der Waals surface area contributed by atoms with Crippen molar-refractivity contribution >= 4 is 36.3 Å². The van der Waals surface area contributed by atoms with Crippen LogP contribution in [0.5, 0.6) is 5.75 Å². The predicted octanol–water partition coefficient (Wildman–Crippen LogP) is 2.84.